The average Bonchev–Trinajstić information content (AvgIpc) is 3.02. The molecule has 1 saturated heterocycles. The first-order valence-electron chi connectivity index (χ1n) is 10.1. The Morgan fingerprint density at radius 3 is 2.45 bits per heavy atom. The van der Waals surface area contributed by atoms with E-state index in [-0.39, 0.29) is 23.0 Å². The number of rotatable bonds is 3. The van der Waals surface area contributed by atoms with Crippen LogP contribution < -0.4 is 10.6 Å². The predicted octanol–water partition coefficient (Wildman–Crippen LogP) is 5.32. The molecule has 2 heterocycles. The highest BCUT2D eigenvalue weighted by molar-refractivity contribution is 6.32. The van der Waals surface area contributed by atoms with E-state index in [4.69, 9.17) is 11.6 Å². The topological polar surface area (TPSA) is 46.1 Å². The molecular weight excluding hydrogens is 382 g/mol. The number of fused-ring (bicyclic) bond motifs is 1. The molecule has 4 rings (SSSR count). The summed E-state index contributed by atoms with van der Waals surface area (Å²) in [5, 5.41) is 8.57. The van der Waals surface area contributed by atoms with E-state index in [1.807, 2.05) is 30.5 Å². The van der Waals surface area contributed by atoms with Gasteiger partial charge in [-0.15, -0.1) is 0 Å². The second-order valence-electron chi connectivity index (χ2n) is 9.38. The molecule has 0 unspecified atom stereocenters. The van der Waals surface area contributed by atoms with E-state index in [0.29, 0.717) is 10.6 Å². The number of carbonyl (C=O) groups excluding carboxylic acids is 1. The zero-order chi connectivity index (χ0) is 20.8. The number of halogens is 1. The van der Waals surface area contributed by atoms with Crippen LogP contribution >= 0.6 is 11.6 Å². The van der Waals surface area contributed by atoms with Crippen LogP contribution in [-0.2, 0) is 0 Å². The lowest BCUT2D eigenvalue weighted by Crippen LogP contribution is -2.62. The van der Waals surface area contributed by atoms with Gasteiger partial charge in [-0.3, -0.25) is 4.79 Å². The number of benzene rings is 2. The van der Waals surface area contributed by atoms with Crippen LogP contribution in [0.25, 0.3) is 16.6 Å². The molecule has 1 amide bonds. The maximum atomic E-state index is 12.9. The number of piperidine rings is 1. The normalized spacial score (nSPS) is 18.7. The summed E-state index contributed by atoms with van der Waals surface area (Å²) in [7, 11) is 0. The predicted molar refractivity (Wildman–Crippen MR) is 120 cm³/mol. The molecule has 4 nitrogen and oxygen atoms in total. The summed E-state index contributed by atoms with van der Waals surface area (Å²) in [5.41, 5.74) is 2.51. The van der Waals surface area contributed by atoms with Crippen LogP contribution in [0, 0.1) is 0 Å². The first kappa shape index (κ1) is 20.0. The summed E-state index contributed by atoms with van der Waals surface area (Å²) in [6, 6.07) is 15.9. The van der Waals surface area contributed by atoms with Gasteiger partial charge in [0.1, 0.15) is 0 Å². The van der Waals surface area contributed by atoms with Gasteiger partial charge in [0, 0.05) is 28.9 Å². The van der Waals surface area contributed by atoms with E-state index < -0.39 is 0 Å². The van der Waals surface area contributed by atoms with Gasteiger partial charge in [0.05, 0.1) is 16.2 Å². The molecule has 0 radical (unpaired) electrons. The molecule has 0 aliphatic carbocycles. The van der Waals surface area contributed by atoms with Crippen LogP contribution in [0.5, 0.6) is 0 Å². The monoisotopic (exact) mass is 409 g/mol. The highest BCUT2D eigenvalue weighted by Crippen LogP contribution is 2.30. The Morgan fingerprint density at radius 2 is 1.76 bits per heavy atom. The molecule has 29 heavy (non-hydrogen) atoms. The lowest BCUT2D eigenvalue weighted by Gasteiger charge is -2.46. The molecule has 2 N–H and O–H groups in total. The van der Waals surface area contributed by atoms with E-state index in [9.17, 15) is 4.79 Å². The minimum atomic E-state index is -0.0747. The van der Waals surface area contributed by atoms with Crippen molar-refractivity contribution in [3.63, 3.8) is 0 Å². The Labute approximate surface area is 177 Å². The van der Waals surface area contributed by atoms with Crippen molar-refractivity contribution >= 4 is 28.4 Å². The molecule has 0 saturated carbocycles. The minimum Gasteiger partial charge on any atom is -0.349 e. The standard InChI is InChI=1S/C24H28ClN3O/c1-23(2)14-18(15-24(3,4)27-23)26-22(29)17-9-10-21(19(25)13-17)28-12-11-16-7-5-6-8-20(16)28/h5-13,18,27H,14-15H2,1-4H3,(H,26,29). The zero-order valence-corrected chi connectivity index (χ0v) is 18.2. The highest BCUT2D eigenvalue weighted by Gasteiger charge is 2.38. The maximum absolute atomic E-state index is 12.9. The average molecular weight is 410 g/mol. The van der Waals surface area contributed by atoms with Crippen LogP contribution in [0.15, 0.2) is 54.7 Å². The fourth-order valence-electron chi connectivity index (χ4n) is 4.83. The van der Waals surface area contributed by atoms with Crippen LogP contribution in [-0.4, -0.2) is 27.6 Å². The van der Waals surface area contributed by atoms with Crippen molar-refractivity contribution in [1.82, 2.24) is 15.2 Å². The minimum absolute atomic E-state index is 0.0172. The van der Waals surface area contributed by atoms with Crippen LogP contribution in [0.1, 0.15) is 50.9 Å². The molecule has 5 heteroatoms. The number of carbonyl (C=O) groups is 1. The van der Waals surface area contributed by atoms with Gasteiger partial charge in [0.2, 0.25) is 0 Å². The third kappa shape index (κ3) is 4.19. The smallest absolute Gasteiger partial charge is 0.251 e. The van der Waals surface area contributed by atoms with E-state index in [1.165, 1.54) is 0 Å². The maximum Gasteiger partial charge on any atom is 0.251 e. The van der Waals surface area contributed by atoms with Gasteiger partial charge in [-0.25, -0.2) is 0 Å². The fourth-order valence-corrected chi connectivity index (χ4v) is 5.10. The number of amides is 1. The van der Waals surface area contributed by atoms with Crippen molar-refractivity contribution in [2.45, 2.75) is 57.7 Å². The molecule has 2 aromatic carbocycles. The Hall–Kier alpha value is -2.30. The summed E-state index contributed by atoms with van der Waals surface area (Å²) in [4.78, 5) is 12.9. The molecule has 1 fully saturated rings. The van der Waals surface area contributed by atoms with Gasteiger partial charge in [0.15, 0.2) is 0 Å². The number of hydrogen-bond donors (Lipinski definition) is 2. The summed E-state index contributed by atoms with van der Waals surface area (Å²) in [6.45, 7) is 8.72. The number of hydrogen-bond acceptors (Lipinski definition) is 2. The lowest BCUT2D eigenvalue weighted by molar-refractivity contribution is 0.0873. The number of aromatic nitrogens is 1. The number of nitrogens with one attached hydrogen (secondary N) is 2. The molecule has 0 atom stereocenters. The van der Waals surface area contributed by atoms with Crippen molar-refractivity contribution in [2.75, 3.05) is 0 Å². The van der Waals surface area contributed by atoms with Crippen molar-refractivity contribution in [3.05, 3.63) is 65.3 Å². The van der Waals surface area contributed by atoms with E-state index in [2.05, 4.69) is 61.1 Å². The number of para-hydroxylation sites is 1. The van der Waals surface area contributed by atoms with E-state index in [1.54, 1.807) is 6.07 Å². The van der Waals surface area contributed by atoms with Gasteiger partial charge in [-0.05, 0) is 76.3 Å². The van der Waals surface area contributed by atoms with Gasteiger partial charge in [0.25, 0.3) is 5.91 Å². The molecule has 1 aromatic heterocycles. The summed E-state index contributed by atoms with van der Waals surface area (Å²) >= 11 is 6.59. The van der Waals surface area contributed by atoms with Gasteiger partial charge >= 0.3 is 0 Å². The Bertz CT molecular complexity index is 1050. The quantitative estimate of drug-likeness (QED) is 0.614. The fraction of sp³-hybridized carbons (Fsp3) is 0.375. The Kier molecular flexibility index (Phi) is 4.96. The third-order valence-electron chi connectivity index (χ3n) is 5.59. The second-order valence-corrected chi connectivity index (χ2v) is 9.79. The zero-order valence-electron chi connectivity index (χ0n) is 17.4. The largest absolute Gasteiger partial charge is 0.349 e. The van der Waals surface area contributed by atoms with Gasteiger partial charge in [-0.1, -0.05) is 29.8 Å². The summed E-state index contributed by atoms with van der Waals surface area (Å²) in [6.07, 6.45) is 3.79. The molecule has 0 spiro atoms. The van der Waals surface area contributed by atoms with E-state index >= 15 is 0 Å². The van der Waals surface area contributed by atoms with Gasteiger partial charge in [-0.2, -0.15) is 0 Å². The lowest BCUT2D eigenvalue weighted by atomic mass is 9.79. The van der Waals surface area contributed by atoms with E-state index in [0.717, 1.165) is 29.4 Å². The SMILES string of the molecule is CC1(C)CC(NC(=O)c2ccc(-n3ccc4ccccc43)c(Cl)c2)CC(C)(C)N1. The van der Waals surface area contributed by atoms with Crippen LogP contribution in [0.3, 0.4) is 0 Å². The molecule has 3 aromatic rings. The Morgan fingerprint density at radius 1 is 1.07 bits per heavy atom. The van der Waals surface area contributed by atoms with Crippen LogP contribution in [0.4, 0.5) is 0 Å². The molecule has 1 aliphatic rings. The van der Waals surface area contributed by atoms with Crippen LogP contribution in [0.2, 0.25) is 5.02 Å². The molecule has 0 bridgehead atoms. The molecular formula is C24H28ClN3O. The summed E-state index contributed by atoms with van der Waals surface area (Å²) in [5.74, 6) is -0.0747. The first-order chi connectivity index (χ1) is 13.6. The molecule has 152 valence electrons. The summed E-state index contributed by atoms with van der Waals surface area (Å²) < 4.78 is 2.05. The third-order valence-corrected chi connectivity index (χ3v) is 5.90. The number of nitrogens with zero attached hydrogens (tertiary/aromatic N) is 1. The van der Waals surface area contributed by atoms with Crippen molar-refractivity contribution in [3.8, 4) is 5.69 Å². The Balaban J connectivity index is 1.56. The first-order valence-corrected chi connectivity index (χ1v) is 10.5. The van der Waals surface area contributed by atoms with Crippen molar-refractivity contribution in [1.29, 1.82) is 0 Å². The highest BCUT2D eigenvalue weighted by atomic mass is 35.5. The van der Waals surface area contributed by atoms with Crippen molar-refractivity contribution in [2.24, 2.45) is 0 Å². The van der Waals surface area contributed by atoms with Crippen molar-refractivity contribution < 1.29 is 4.79 Å². The second kappa shape index (κ2) is 7.19. The molecule has 1 aliphatic heterocycles. The van der Waals surface area contributed by atoms with Gasteiger partial charge < -0.3 is 15.2 Å².